The smallest absolute Gasteiger partial charge is 0.123 e. The van der Waals surface area contributed by atoms with E-state index in [0.717, 1.165) is 34.9 Å². The molecule has 18 heavy (non-hydrogen) atoms. The number of rotatable bonds is 2. The van der Waals surface area contributed by atoms with Crippen LogP contribution in [-0.2, 0) is 0 Å². The zero-order valence-corrected chi connectivity index (χ0v) is 11.9. The fourth-order valence-electron chi connectivity index (χ4n) is 2.41. The van der Waals surface area contributed by atoms with Gasteiger partial charge in [-0.1, -0.05) is 35.0 Å². The Bertz CT molecular complexity index is 532. The minimum absolute atomic E-state index is 0.379. The summed E-state index contributed by atoms with van der Waals surface area (Å²) in [6.07, 6.45) is 3.08. The number of aromatic amines is 1. The first kappa shape index (κ1) is 11.9. The first-order chi connectivity index (χ1) is 8.72. The van der Waals surface area contributed by atoms with E-state index < -0.39 is 0 Å². The Morgan fingerprint density at radius 1 is 1.28 bits per heavy atom. The highest BCUT2D eigenvalue weighted by Gasteiger charge is 2.24. The van der Waals surface area contributed by atoms with Crippen molar-refractivity contribution in [1.82, 2.24) is 15.3 Å². The number of nitrogens with one attached hydrogen (secondary N) is 2. The molecule has 1 aliphatic rings. The van der Waals surface area contributed by atoms with E-state index in [9.17, 15) is 0 Å². The summed E-state index contributed by atoms with van der Waals surface area (Å²) in [5.74, 6) is 1.79. The van der Waals surface area contributed by atoms with E-state index in [2.05, 4.69) is 50.3 Å². The predicted molar refractivity (Wildman–Crippen MR) is 76.2 cm³/mol. The highest BCUT2D eigenvalue weighted by molar-refractivity contribution is 9.10. The Labute approximate surface area is 115 Å². The highest BCUT2D eigenvalue weighted by Crippen LogP contribution is 2.27. The molecule has 0 aliphatic carbocycles. The van der Waals surface area contributed by atoms with Gasteiger partial charge in [0, 0.05) is 4.47 Å². The quantitative estimate of drug-likeness (QED) is 0.891. The van der Waals surface area contributed by atoms with Crippen LogP contribution in [-0.4, -0.2) is 16.5 Å². The zero-order valence-electron chi connectivity index (χ0n) is 10.3. The molecule has 1 fully saturated rings. The fraction of sp³-hybridized carbons (Fsp3) is 0.357. The van der Waals surface area contributed by atoms with Crippen molar-refractivity contribution >= 4 is 15.9 Å². The SMILES string of the molecule is C[C@@H]1CN[C@H](c2ncc(-c3ccc(Br)cc3)[nH]2)C1. The lowest BCUT2D eigenvalue weighted by Gasteiger charge is -2.05. The van der Waals surface area contributed by atoms with Gasteiger partial charge in [-0.3, -0.25) is 0 Å². The molecule has 0 unspecified atom stereocenters. The third-order valence-corrected chi connectivity index (χ3v) is 3.96. The fourth-order valence-corrected chi connectivity index (χ4v) is 2.67. The van der Waals surface area contributed by atoms with Crippen LogP contribution in [0, 0.1) is 5.92 Å². The van der Waals surface area contributed by atoms with Gasteiger partial charge in [0.1, 0.15) is 5.82 Å². The molecule has 3 nitrogen and oxygen atoms in total. The largest absolute Gasteiger partial charge is 0.341 e. The minimum atomic E-state index is 0.379. The summed E-state index contributed by atoms with van der Waals surface area (Å²) in [5.41, 5.74) is 2.25. The second-order valence-electron chi connectivity index (χ2n) is 4.99. The van der Waals surface area contributed by atoms with Gasteiger partial charge >= 0.3 is 0 Å². The van der Waals surface area contributed by atoms with Gasteiger partial charge in [0.25, 0.3) is 0 Å². The van der Waals surface area contributed by atoms with Gasteiger partial charge in [-0.15, -0.1) is 0 Å². The second-order valence-corrected chi connectivity index (χ2v) is 5.91. The number of halogens is 1. The molecule has 2 N–H and O–H groups in total. The number of imidazole rings is 1. The molecule has 4 heteroatoms. The van der Waals surface area contributed by atoms with Crippen LogP contribution in [0.2, 0.25) is 0 Å². The Morgan fingerprint density at radius 2 is 2.06 bits per heavy atom. The molecule has 3 rings (SSSR count). The zero-order chi connectivity index (χ0) is 12.5. The maximum absolute atomic E-state index is 4.50. The summed E-state index contributed by atoms with van der Waals surface area (Å²) >= 11 is 3.45. The van der Waals surface area contributed by atoms with E-state index in [1.165, 1.54) is 5.56 Å². The first-order valence-corrected chi connectivity index (χ1v) is 7.06. The topological polar surface area (TPSA) is 40.7 Å². The summed E-state index contributed by atoms with van der Waals surface area (Å²) in [6, 6.07) is 8.65. The van der Waals surface area contributed by atoms with Gasteiger partial charge in [-0.2, -0.15) is 0 Å². The molecule has 1 aromatic heterocycles. The molecule has 2 atom stereocenters. The number of benzene rings is 1. The van der Waals surface area contributed by atoms with E-state index in [1.807, 2.05) is 18.3 Å². The number of hydrogen-bond acceptors (Lipinski definition) is 2. The number of nitrogens with zero attached hydrogens (tertiary/aromatic N) is 1. The summed E-state index contributed by atoms with van der Waals surface area (Å²) in [6.45, 7) is 3.35. The van der Waals surface area contributed by atoms with Crippen LogP contribution in [0.5, 0.6) is 0 Å². The normalized spacial score (nSPS) is 23.4. The van der Waals surface area contributed by atoms with Gasteiger partial charge in [0.05, 0.1) is 17.9 Å². The molecule has 0 bridgehead atoms. The van der Waals surface area contributed by atoms with Crippen molar-refractivity contribution in [3.05, 3.63) is 40.8 Å². The van der Waals surface area contributed by atoms with E-state index >= 15 is 0 Å². The maximum Gasteiger partial charge on any atom is 0.123 e. The van der Waals surface area contributed by atoms with Crippen molar-refractivity contribution in [2.45, 2.75) is 19.4 Å². The Hall–Kier alpha value is -1.13. The van der Waals surface area contributed by atoms with E-state index in [4.69, 9.17) is 0 Å². The molecule has 1 aliphatic heterocycles. The second kappa shape index (κ2) is 4.86. The van der Waals surface area contributed by atoms with Crippen molar-refractivity contribution in [3.8, 4) is 11.3 Å². The first-order valence-electron chi connectivity index (χ1n) is 6.26. The van der Waals surface area contributed by atoms with Crippen LogP contribution in [0.3, 0.4) is 0 Å². The van der Waals surface area contributed by atoms with Gasteiger partial charge in [0.15, 0.2) is 0 Å². The monoisotopic (exact) mass is 305 g/mol. The third kappa shape index (κ3) is 2.35. The lowest BCUT2D eigenvalue weighted by atomic mass is 10.1. The van der Waals surface area contributed by atoms with Crippen LogP contribution < -0.4 is 5.32 Å². The Morgan fingerprint density at radius 3 is 2.72 bits per heavy atom. The van der Waals surface area contributed by atoms with Crippen molar-refractivity contribution in [1.29, 1.82) is 0 Å². The molecule has 0 amide bonds. The lowest BCUT2D eigenvalue weighted by molar-refractivity contribution is 0.588. The van der Waals surface area contributed by atoms with Crippen molar-refractivity contribution < 1.29 is 0 Å². The molecular formula is C14H16BrN3. The Kier molecular flexibility index (Phi) is 3.22. The molecule has 94 valence electrons. The summed E-state index contributed by atoms with van der Waals surface area (Å²) in [4.78, 5) is 7.92. The Balaban J connectivity index is 1.83. The van der Waals surface area contributed by atoms with E-state index in [0.29, 0.717) is 6.04 Å². The molecule has 1 aromatic carbocycles. The molecule has 0 saturated carbocycles. The number of hydrogen-bond donors (Lipinski definition) is 2. The van der Waals surface area contributed by atoms with Crippen LogP contribution in [0.4, 0.5) is 0 Å². The van der Waals surface area contributed by atoms with Crippen molar-refractivity contribution in [2.24, 2.45) is 5.92 Å². The van der Waals surface area contributed by atoms with Crippen molar-refractivity contribution in [3.63, 3.8) is 0 Å². The van der Waals surface area contributed by atoms with E-state index in [1.54, 1.807) is 0 Å². The van der Waals surface area contributed by atoms with Gasteiger partial charge in [0.2, 0.25) is 0 Å². The van der Waals surface area contributed by atoms with Crippen LogP contribution >= 0.6 is 15.9 Å². The van der Waals surface area contributed by atoms with Crippen LogP contribution in [0.1, 0.15) is 25.2 Å². The van der Waals surface area contributed by atoms with Gasteiger partial charge in [-0.25, -0.2) is 4.98 Å². The average Bonchev–Trinajstić information content (AvgIpc) is 2.98. The molecular weight excluding hydrogens is 290 g/mol. The minimum Gasteiger partial charge on any atom is -0.341 e. The van der Waals surface area contributed by atoms with Crippen molar-refractivity contribution in [2.75, 3.05) is 6.54 Å². The summed E-state index contributed by atoms with van der Waals surface area (Å²) in [5, 5.41) is 3.50. The van der Waals surface area contributed by atoms with E-state index in [-0.39, 0.29) is 0 Å². The standard InChI is InChI=1S/C14H16BrN3/c1-9-6-12(16-7-9)14-17-8-13(18-14)10-2-4-11(15)5-3-10/h2-5,8-9,12,16H,6-7H2,1H3,(H,17,18)/t9-,12-/m0/s1. The molecule has 0 spiro atoms. The molecule has 2 aromatic rings. The van der Waals surface area contributed by atoms with Crippen LogP contribution in [0.15, 0.2) is 34.9 Å². The number of aromatic nitrogens is 2. The predicted octanol–water partition coefficient (Wildman–Crippen LogP) is 3.51. The highest BCUT2D eigenvalue weighted by atomic mass is 79.9. The summed E-state index contributed by atoms with van der Waals surface area (Å²) in [7, 11) is 0. The molecule has 2 heterocycles. The van der Waals surface area contributed by atoms with Crippen LogP contribution in [0.25, 0.3) is 11.3 Å². The lowest BCUT2D eigenvalue weighted by Crippen LogP contribution is -2.14. The third-order valence-electron chi connectivity index (χ3n) is 3.43. The van der Waals surface area contributed by atoms with Gasteiger partial charge < -0.3 is 10.3 Å². The molecule has 0 radical (unpaired) electrons. The number of H-pyrrole nitrogens is 1. The maximum atomic E-state index is 4.50. The average molecular weight is 306 g/mol. The molecule has 1 saturated heterocycles. The summed E-state index contributed by atoms with van der Waals surface area (Å²) < 4.78 is 1.09. The van der Waals surface area contributed by atoms with Gasteiger partial charge in [-0.05, 0) is 36.6 Å².